The monoisotopic (exact) mass is 460 g/mol. The lowest BCUT2D eigenvalue weighted by molar-refractivity contribution is -0.152. The number of H-pyrrole nitrogens is 1. The quantitative estimate of drug-likeness (QED) is 0.538. The van der Waals surface area contributed by atoms with Crippen molar-refractivity contribution in [2.24, 2.45) is 0 Å². The van der Waals surface area contributed by atoms with Crippen LogP contribution in [0.25, 0.3) is 11.1 Å². The average Bonchev–Trinajstić information content (AvgIpc) is 3.43. The average molecular weight is 460 g/mol. The van der Waals surface area contributed by atoms with Crippen molar-refractivity contribution < 1.29 is 24.2 Å². The van der Waals surface area contributed by atoms with Gasteiger partial charge in [0.1, 0.15) is 18.7 Å². The number of alkyl carbamates (subject to hydrolysis) is 1. The second kappa shape index (κ2) is 8.66. The fraction of sp³-hybridized carbons (Fsp3) is 0.280. The van der Waals surface area contributed by atoms with Gasteiger partial charge in [-0.3, -0.25) is 4.79 Å². The van der Waals surface area contributed by atoms with Crippen LogP contribution in [0, 0.1) is 0 Å². The number of carboxylic acid groups (broad SMARTS) is 1. The summed E-state index contributed by atoms with van der Waals surface area (Å²) in [5.41, 5.74) is 5.76. The van der Waals surface area contributed by atoms with Crippen LogP contribution in [0.4, 0.5) is 4.79 Å². The number of aromatic amines is 1. The minimum atomic E-state index is -1.12. The van der Waals surface area contributed by atoms with Gasteiger partial charge in [-0.2, -0.15) is 0 Å². The lowest BCUT2D eigenvalue weighted by Crippen LogP contribution is -2.55. The van der Waals surface area contributed by atoms with Crippen molar-refractivity contribution in [2.45, 2.75) is 37.9 Å². The minimum absolute atomic E-state index is 0.0852. The molecule has 2 unspecified atom stereocenters. The van der Waals surface area contributed by atoms with E-state index in [0.29, 0.717) is 11.4 Å². The molecule has 9 heteroatoms. The molecule has 3 aromatic rings. The van der Waals surface area contributed by atoms with Crippen LogP contribution >= 0.6 is 0 Å². The van der Waals surface area contributed by atoms with Gasteiger partial charge < -0.3 is 25.0 Å². The molecule has 2 aliphatic rings. The van der Waals surface area contributed by atoms with Gasteiger partial charge in [-0.1, -0.05) is 48.5 Å². The van der Waals surface area contributed by atoms with Gasteiger partial charge in [-0.05, 0) is 29.2 Å². The molecule has 1 aliphatic heterocycles. The Balaban J connectivity index is 1.24. The maximum Gasteiger partial charge on any atom is 0.407 e. The first-order valence-electron chi connectivity index (χ1n) is 11.1. The third kappa shape index (κ3) is 3.79. The van der Waals surface area contributed by atoms with Crippen LogP contribution in [0.5, 0.6) is 0 Å². The molecule has 2 heterocycles. The SMILES string of the molecule is CC(NC(=O)OCC1c2ccccc2-c2ccccc21)C(=O)N1Cc2[nH]cnc2CC1C(=O)O. The van der Waals surface area contributed by atoms with E-state index in [1.54, 1.807) is 0 Å². The number of rotatable bonds is 5. The van der Waals surface area contributed by atoms with Gasteiger partial charge in [-0.15, -0.1) is 0 Å². The summed E-state index contributed by atoms with van der Waals surface area (Å²) in [4.78, 5) is 45.6. The maximum atomic E-state index is 13.0. The number of ether oxygens (including phenoxy) is 1. The predicted molar refractivity (Wildman–Crippen MR) is 122 cm³/mol. The van der Waals surface area contributed by atoms with E-state index < -0.39 is 30.1 Å². The van der Waals surface area contributed by atoms with Crippen LogP contribution in [0.3, 0.4) is 0 Å². The molecule has 0 fully saturated rings. The molecule has 9 nitrogen and oxygen atoms in total. The molecule has 0 saturated heterocycles. The third-order valence-corrected chi connectivity index (χ3v) is 6.52. The number of hydrogen-bond donors (Lipinski definition) is 3. The highest BCUT2D eigenvalue weighted by Crippen LogP contribution is 2.44. The summed E-state index contributed by atoms with van der Waals surface area (Å²) in [7, 11) is 0. The summed E-state index contributed by atoms with van der Waals surface area (Å²) in [6.07, 6.45) is 0.863. The Morgan fingerprint density at radius 3 is 2.44 bits per heavy atom. The molecule has 3 N–H and O–H groups in total. The molecule has 0 saturated carbocycles. The van der Waals surface area contributed by atoms with E-state index in [4.69, 9.17) is 4.74 Å². The summed E-state index contributed by atoms with van der Waals surface area (Å²) in [5.74, 6) is -1.71. The van der Waals surface area contributed by atoms with Crippen molar-refractivity contribution in [1.82, 2.24) is 20.2 Å². The number of aliphatic carboxylic acids is 1. The molecule has 2 aromatic carbocycles. The zero-order chi connectivity index (χ0) is 23.8. The topological polar surface area (TPSA) is 125 Å². The van der Waals surface area contributed by atoms with Crippen LogP contribution in [0.1, 0.15) is 35.4 Å². The number of fused-ring (bicyclic) bond motifs is 4. The van der Waals surface area contributed by atoms with Crippen LogP contribution in [0.2, 0.25) is 0 Å². The van der Waals surface area contributed by atoms with Crippen molar-refractivity contribution in [2.75, 3.05) is 6.61 Å². The Bertz CT molecular complexity index is 1220. The molecule has 2 atom stereocenters. The first-order chi connectivity index (χ1) is 16.4. The summed E-state index contributed by atoms with van der Waals surface area (Å²) >= 11 is 0. The van der Waals surface area contributed by atoms with Gasteiger partial charge in [0.15, 0.2) is 0 Å². The van der Waals surface area contributed by atoms with E-state index in [2.05, 4.69) is 27.4 Å². The highest BCUT2D eigenvalue weighted by Gasteiger charge is 2.38. The number of carbonyl (C=O) groups is 3. The van der Waals surface area contributed by atoms with Crippen LogP contribution in [-0.4, -0.2) is 56.6 Å². The van der Waals surface area contributed by atoms with E-state index in [0.717, 1.165) is 22.3 Å². The summed E-state index contributed by atoms with van der Waals surface area (Å²) in [6, 6.07) is 14.0. The third-order valence-electron chi connectivity index (χ3n) is 6.52. The van der Waals surface area contributed by atoms with Gasteiger partial charge in [-0.25, -0.2) is 14.6 Å². The van der Waals surface area contributed by atoms with E-state index >= 15 is 0 Å². The number of nitrogens with one attached hydrogen (secondary N) is 2. The summed E-state index contributed by atoms with van der Waals surface area (Å²) in [6.45, 7) is 1.73. The van der Waals surface area contributed by atoms with Crippen LogP contribution < -0.4 is 5.32 Å². The minimum Gasteiger partial charge on any atom is -0.480 e. The van der Waals surface area contributed by atoms with Crippen molar-refractivity contribution in [3.05, 3.63) is 77.4 Å². The molecular weight excluding hydrogens is 436 g/mol. The Hall–Kier alpha value is -4.14. The van der Waals surface area contributed by atoms with Crippen molar-refractivity contribution in [3.63, 3.8) is 0 Å². The van der Waals surface area contributed by atoms with Crippen LogP contribution in [0.15, 0.2) is 54.9 Å². The number of carbonyl (C=O) groups excluding carboxylic acids is 2. The number of hydrogen-bond acceptors (Lipinski definition) is 5. The molecule has 34 heavy (non-hydrogen) atoms. The summed E-state index contributed by atoms with van der Waals surface area (Å²) in [5, 5.41) is 12.2. The van der Waals surface area contributed by atoms with Gasteiger partial charge in [0, 0.05) is 12.3 Å². The number of carboxylic acids is 1. The summed E-state index contributed by atoms with van der Waals surface area (Å²) < 4.78 is 5.51. The number of benzene rings is 2. The molecule has 1 aromatic heterocycles. The zero-order valence-electron chi connectivity index (χ0n) is 18.5. The fourth-order valence-electron chi connectivity index (χ4n) is 4.82. The maximum absolute atomic E-state index is 13.0. The Labute approximate surface area is 195 Å². The van der Waals surface area contributed by atoms with Gasteiger partial charge in [0.2, 0.25) is 5.91 Å². The predicted octanol–water partition coefficient (Wildman–Crippen LogP) is 2.67. The molecule has 5 rings (SSSR count). The molecule has 174 valence electrons. The van der Waals surface area contributed by atoms with Crippen molar-refractivity contribution in [3.8, 4) is 11.1 Å². The number of nitrogens with zero attached hydrogens (tertiary/aromatic N) is 2. The van der Waals surface area contributed by atoms with E-state index in [1.165, 1.54) is 18.2 Å². The van der Waals surface area contributed by atoms with E-state index in [-0.39, 0.29) is 25.5 Å². The highest BCUT2D eigenvalue weighted by atomic mass is 16.5. The number of amides is 2. The highest BCUT2D eigenvalue weighted by molar-refractivity contribution is 5.89. The van der Waals surface area contributed by atoms with Crippen molar-refractivity contribution in [1.29, 1.82) is 0 Å². The smallest absolute Gasteiger partial charge is 0.407 e. The Morgan fingerprint density at radius 2 is 1.79 bits per heavy atom. The molecule has 0 spiro atoms. The number of aromatic nitrogens is 2. The normalized spacial score (nSPS) is 17.3. The first kappa shape index (κ1) is 21.7. The number of imidazole rings is 1. The lowest BCUT2D eigenvalue weighted by Gasteiger charge is -2.34. The standard InChI is InChI=1S/C25H24N4O5/c1-14(23(30)29-11-21-20(26-13-27-21)10-22(29)24(31)32)28-25(33)34-12-19-17-8-4-2-6-15(17)16-7-3-5-9-18(16)19/h2-9,13-14,19,22H,10-12H2,1H3,(H,26,27)(H,28,33)(H,31,32). The van der Waals surface area contributed by atoms with Gasteiger partial charge in [0.05, 0.1) is 24.3 Å². The molecule has 2 amide bonds. The molecule has 1 aliphatic carbocycles. The van der Waals surface area contributed by atoms with Crippen molar-refractivity contribution >= 4 is 18.0 Å². The Kier molecular flexibility index (Phi) is 5.53. The fourth-order valence-corrected chi connectivity index (χ4v) is 4.82. The molecule has 0 bridgehead atoms. The van der Waals surface area contributed by atoms with E-state index in [1.807, 2.05) is 36.4 Å². The van der Waals surface area contributed by atoms with Gasteiger partial charge >= 0.3 is 12.1 Å². The van der Waals surface area contributed by atoms with E-state index in [9.17, 15) is 19.5 Å². The Morgan fingerprint density at radius 1 is 1.15 bits per heavy atom. The second-order valence-corrected chi connectivity index (χ2v) is 8.54. The lowest BCUT2D eigenvalue weighted by atomic mass is 9.98. The zero-order valence-corrected chi connectivity index (χ0v) is 18.5. The van der Waals surface area contributed by atoms with Gasteiger partial charge in [0.25, 0.3) is 0 Å². The first-order valence-corrected chi connectivity index (χ1v) is 11.1. The second-order valence-electron chi connectivity index (χ2n) is 8.54. The molecular formula is C25H24N4O5. The molecule has 0 radical (unpaired) electrons. The largest absolute Gasteiger partial charge is 0.480 e. The van der Waals surface area contributed by atoms with Crippen LogP contribution in [-0.2, 0) is 27.3 Å².